The van der Waals surface area contributed by atoms with Gasteiger partial charge in [-0.3, -0.25) is 4.79 Å². The predicted octanol–water partition coefficient (Wildman–Crippen LogP) is 3.28. The Morgan fingerprint density at radius 3 is 2.89 bits per heavy atom. The van der Waals surface area contributed by atoms with Crippen LogP contribution in [0.5, 0.6) is 0 Å². The van der Waals surface area contributed by atoms with Gasteiger partial charge in [0.25, 0.3) is 0 Å². The fourth-order valence-corrected chi connectivity index (χ4v) is 2.33. The minimum atomic E-state index is -2.44. The lowest BCUT2D eigenvalue weighted by atomic mass is 10.3. The van der Waals surface area contributed by atoms with Crippen molar-refractivity contribution in [3.05, 3.63) is 23.2 Å². The summed E-state index contributed by atoms with van der Waals surface area (Å²) < 4.78 is 29.1. The standard InChI is InChI=1S/C11H12ClF2NO2S/c1-17-5-10(16)15-8-4-2-3-7(12)11(8)18-6-9(13)14/h2-4,9H,5-6H2,1H3,(H,15,16). The van der Waals surface area contributed by atoms with E-state index in [-0.39, 0.29) is 18.3 Å². The molecular weight excluding hydrogens is 284 g/mol. The Kier molecular flexibility index (Phi) is 6.38. The molecule has 0 unspecified atom stereocenters. The molecule has 0 saturated carbocycles. The predicted molar refractivity (Wildman–Crippen MR) is 68.7 cm³/mol. The maximum atomic E-state index is 12.2. The van der Waals surface area contributed by atoms with Gasteiger partial charge in [-0.1, -0.05) is 17.7 Å². The van der Waals surface area contributed by atoms with E-state index >= 15 is 0 Å². The van der Waals surface area contributed by atoms with E-state index in [0.29, 0.717) is 15.6 Å². The SMILES string of the molecule is COCC(=O)Nc1cccc(Cl)c1SCC(F)F. The molecule has 3 nitrogen and oxygen atoms in total. The van der Waals surface area contributed by atoms with Gasteiger partial charge in [-0.25, -0.2) is 8.78 Å². The minimum Gasteiger partial charge on any atom is -0.375 e. The first-order valence-corrected chi connectivity index (χ1v) is 6.39. The van der Waals surface area contributed by atoms with Crippen LogP contribution in [-0.2, 0) is 9.53 Å². The van der Waals surface area contributed by atoms with Crippen LogP contribution in [0.3, 0.4) is 0 Å². The van der Waals surface area contributed by atoms with Crippen LogP contribution in [0.1, 0.15) is 0 Å². The van der Waals surface area contributed by atoms with Crippen molar-refractivity contribution in [1.82, 2.24) is 0 Å². The molecule has 7 heteroatoms. The second-order valence-electron chi connectivity index (χ2n) is 3.30. The topological polar surface area (TPSA) is 38.3 Å². The quantitative estimate of drug-likeness (QED) is 0.819. The Labute approximate surface area is 113 Å². The van der Waals surface area contributed by atoms with Crippen LogP contribution in [0.4, 0.5) is 14.5 Å². The second-order valence-corrected chi connectivity index (χ2v) is 4.74. The maximum absolute atomic E-state index is 12.2. The number of alkyl halides is 2. The first-order valence-electron chi connectivity index (χ1n) is 5.03. The van der Waals surface area contributed by atoms with Gasteiger partial charge in [0, 0.05) is 12.0 Å². The number of ether oxygens (including phenoxy) is 1. The van der Waals surface area contributed by atoms with E-state index < -0.39 is 6.43 Å². The monoisotopic (exact) mass is 295 g/mol. The highest BCUT2D eigenvalue weighted by Crippen LogP contribution is 2.35. The summed E-state index contributed by atoms with van der Waals surface area (Å²) in [6.07, 6.45) is -2.44. The molecule has 0 radical (unpaired) electrons. The van der Waals surface area contributed by atoms with Crippen LogP contribution < -0.4 is 5.32 Å². The molecule has 0 fully saturated rings. The van der Waals surface area contributed by atoms with Crippen molar-refractivity contribution in [3.8, 4) is 0 Å². The molecule has 0 aliphatic rings. The molecule has 0 heterocycles. The number of carbonyl (C=O) groups excluding carboxylic acids is 1. The molecule has 100 valence electrons. The van der Waals surface area contributed by atoms with Crippen molar-refractivity contribution < 1.29 is 18.3 Å². The maximum Gasteiger partial charge on any atom is 0.250 e. The van der Waals surface area contributed by atoms with Crippen LogP contribution >= 0.6 is 23.4 Å². The van der Waals surface area contributed by atoms with E-state index in [9.17, 15) is 13.6 Å². The third-order valence-corrected chi connectivity index (χ3v) is 3.44. The molecule has 0 spiro atoms. The molecule has 18 heavy (non-hydrogen) atoms. The number of carbonyl (C=O) groups is 1. The number of halogens is 3. The molecule has 1 aromatic carbocycles. The van der Waals surface area contributed by atoms with Gasteiger partial charge < -0.3 is 10.1 Å². The molecular formula is C11H12ClF2NO2S. The van der Waals surface area contributed by atoms with Gasteiger partial charge >= 0.3 is 0 Å². The lowest BCUT2D eigenvalue weighted by molar-refractivity contribution is -0.119. The molecule has 0 atom stereocenters. The van der Waals surface area contributed by atoms with Crippen LogP contribution in [0.15, 0.2) is 23.1 Å². The summed E-state index contributed by atoms with van der Waals surface area (Å²) in [4.78, 5) is 11.8. The molecule has 0 aliphatic heterocycles. The molecule has 1 rings (SSSR count). The zero-order valence-electron chi connectivity index (χ0n) is 9.58. The van der Waals surface area contributed by atoms with Crippen molar-refractivity contribution in [2.24, 2.45) is 0 Å². The number of thioether (sulfide) groups is 1. The number of hydrogen-bond acceptors (Lipinski definition) is 3. The highest BCUT2D eigenvalue weighted by atomic mass is 35.5. The molecule has 0 aliphatic carbocycles. The number of anilines is 1. The third kappa shape index (κ3) is 4.80. The fraction of sp³-hybridized carbons (Fsp3) is 0.364. The van der Waals surface area contributed by atoms with Crippen molar-refractivity contribution in [1.29, 1.82) is 0 Å². The lowest BCUT2D eigenvalue weighted by Gasteiger charge is -2.11. The number of rotatable bonds is 6. The number of hydrogen-bond donors (Lipinski definition) is 1. The highest BCUT2D eigenvalue weighted by Gasteiger charge is 2.13. The van der Waals surface area contributed by atoms with Gasteiger partial charge in [-0.15, -0.1) is 11.8 Å². The van der Waals surface area contributed by atoms with Crippen LogP contribution in [0.2, 0.25) is 5.02 Å². The smallest absolute Gasteiger partial charge is 0.250 e. The molecule has 0 aromatic heterocycles. The molecule has 0 saturated heterocycles. The van der Waals surface area contributed by atoms with Crippen molar-refractivity contribution in [2.45, 2.75) is 11.3 Å². The van der Waals surface area contributed by atoms with E-state index in [1.807, 2.05) is 0 Å². The summed E-state index contributed by atoms with van der Waals surface area (Å²) in [5, 5.41) is 2.89. The first kappa shape index (κ1) is 15.2. The van der Waals surface area contributed by atoms with E-state index in [2.05, 4.69) is 10.1 Å². The fourth-order valence-electron chi connectivity index (χ4n) is 1.22. The lowest BCUT2D eigenvalue weighted by Crippen LogP contribution is -2.17. The van der Waals surface area contributed by atoms with Crippen molar-refractivity contribution in [3.63, 3.8) is 0 Å². The number of amides is 1. The molecule has 0 bridgehead atoms. The van der Waals surface area contributed by atoms with Gasteiger partial charge in [-0.2, -0.15) is 0 Å². The number of benzene rings is 1. The zero-order valence-corrected chi connectivity index (χ0v) is 11.2. The Balaban J connectivity index is 2.82. The molecule has 1 amide bonds. The van der Waals surface area contributed by atoms with Crippen LogP contribution in [0.25, 0.3) is 0 Å². The van der Waals surface area contributed by atoms with Crippen LogP contribution in [0, 0.1) is 0 Å². The zero-order chi connectivity index (χ0) is 13.5. The van der Waals surface area contributed by atoms with E-state index in [0.717, 1.165) is 11.8 Å². The number of methoxy groups -OCH3 is 1. The molecule has 1 aromatic rings. The summed E-state index contributed by atoms with van der Waals surface area (Å²) in [7, 11) is 1.39. The minimum absolute atomic E-state index is 0.106. The summed E-state index contributed by atoms with van der Waals surface area (Å²) >= 11 is 6.83. The summed E-state index contributed by atoms with van der Waals surface area (Å²) in [6, 6.07) is 4.83. The van der Waals surface area contributed by atoms with E-state index in [1.165, 1.54) is 7.11 Å². The Morgan fingerprint density at radius 1 is 1.56 bits per heavy atom. The summed E-state index contributed by atoms with van der Waals surface area (Å²) in [6.45, 7) is -0.106. The van der Waals surface area contributed by atoms with Gasteiger partial charge in [0.1, 0.15) is 6.61 Å². The average molecular weight is 296 g/mol. The first-order chi connectivity index (χ1) is 8.54. The largest absolute Gasteiger partial charge is 0.375 e. The second kappa shape index (κ2) is 7.56. The normalized spacial score (nSPS) is 10.7. The average Bonchev–Trinajstić information content (AvgIpc) is 2.28. The number of nitrogens with one attached hydrogen (secondary N) is 1. The summed E-state index contributed by atoms with van der Waals surface area (Å²) in [5.74, 6) is -0.740. The highest BCUT2D eigenvalue weighted by molar-refractivity contribution is 7.99. The van der Waals surface area contributed by atoms with Crippen molar-refractivity contribution in [2.75, 3.05) is 24.8 Å². The van der Waals surface area contributed by atoms with Gasteiger partial charge in [-0.05, 0) is 12.1 Å². The Hall–Kier alpha value is -0.850. The third-order valence-electron chi connectivity index (χ3n) is 1.87. The summed E-state index contributed by atoms with van der Waals surface area (Å²) in [5.41, 5.74) is 0.412. The van der Waals surface area contributed by atoms with Crippen LogP contribution in [-0.4, -0.2) is 31.8 Å². The van der Waals surface area contributed by atoms with Gasteiger partial charge in [0.05, 0.1) is 16.5 Å². The van der Waals surface area contributed by atoms with E-state index in [4.69, 9.17) is 11.6 Å². The Morgan fingerprint density at radius 2 is 2.28 bits per heavy atom. The molecule has 1 N–H and O–H groups in total. The van der Waals surface area contributed by atoms with Crippen molar-refractivity contribution >= 4 is 35.0 Å². The van der Waals surface area contributed by atoms with Gasteiger partial charge in [0.2, 0.25) is 12.3 Å². The van der Waals surface area contributed by atoms with Gasteiger partial charge in [0.15, 0.2) is 0 Å². The Bertz CT molecular complexity index is 418. The van der Waals surface area contributed by atoms with E-state index in [1.54, 1.807) is 18.2 Å².